The second-order valence-electron chi connectivity index (χ2n) is 15.4. The summed E-state index contributed by atoms with van der Waals surface area (Å²) in [7, 11) is 1.64. The SMILES string of the molecule is COCCOCCNCCCC[C@H](C(=O)N1CCC2(CCNC2=O)CC1)N1C(=O)[C@H](NC(=O)[C@@H](Cc2ccccc2)NC(=O)[C@H](N)Cc2ccccc2)CC1C. The van der Waals surface area contributed by atoms with Crippen molar-refractivity contribution in [2.45, 2.75) is 94.9 Å². The van der Waals surface area contributed by atoms with Gasteiger partial charge in [0.15, 0.2) is 0 Å². The molecule has 0 radical (unpaired) electrons. The van der Waals surface area contributed by atoms with E-state index in [1.807, 2.05) is 72.5 Å². The van der Waals surface area contributed by atoms with Crippen molar-refractivity contribution in [1.29, 1.82) is 0 Å². The van der Waals surface area contributed by atoms with Crippen molar-refractivity contribution >= 4 is 29.5 Å². The van der Waals surface area contributed by atoms with E-state index < -0.39 is 41.4 Å². The van der Waals surface area contributed by atoms with E-state index in [-0.39, 0.29) is 30.2 Å². The van der Waals surface area contributed by atoms with Crippen molar-refractivity contribution in [2.75, 3.05) is 59.7 Å². The first-order valence-electron chi connectivity index (χ1n) is 20.2. The van der Waals surface area contributed by atoms with Crippen LogP contribution in [0.15, 0.2) is 60.7 Å². The second kappa shape index (κ2) is 21.2. The average Bonchev–Trinajstić information content (AvgIpc) is 3.69. The Kier molecular flexibility index (Phi) is 16.2. The number of ether oxygens (including phenoxy) is 2. The number of piperidine rings is 1. The zero-order valence-electron chi connectivity index (χ0n) is 33.0. The second-order valence-corrected chi connectivity index (χ2v) is 15.4. The molecule has 1 spiro atoms. The Morgan fingerprint density at radius 1 is 0.893 bits per heavy atom. The summed E-state index contributed by atoms with van der Waals surface area (Å²) in [6.45, 7) is 6.58. The number of unbranched alkanes of at least 4 members (excludes halogenated alkanes) is 1. The molecule has 5 atom stereocenters. The molecule has 2 aromatic rings. The molecule has 5 amide bonds. The van der Waals surface area contributed by atoms with Gasteiger partial charge in [0.25, 0.3) is 0 Å². The maximum absolute atomic E-state index is 14.4. The van der Waals surface area contributed by atoms with E-state index in [0.29, 0.717) is 84.5 Å². The maximum Gasteiger partial charge on any atom is 0.246 e. The molecular formula is C42H61N7O7. The Balaban J connectivity index is 1.24. The highest BCUT2D eigenvalue weighted by Gasteiger charge is 2.48. The molecule has 2 aromatic carbocycles. The molecule has 6 N–H and O–H groups in total. The standard InChI is InChI=1S/C42H61N7O7/c1-30-27-35(47-38(51)34(29-32-13-7-4-8-14-32)46-37(50)33(43)28-31-11-5-3-6-12-31)39(52)49(30)36(15-9-10-19-44-21-24-56-26-25-55-2)40(53)48-22-17-42(18-23-48)16-20-45-41(42)54/h3-8,11-14,30,33-36,44H,9-10,15-29,43H2,1-2H3,(H,45,54)(H,46,50)(H,47,51)/t30?,33-,34-,35-,36-/m1/s1. The zero-order chi connectivity index (χ0) is 39.9. The van der Waals surface area contributed by atoms with Gasteiger partial charge in [-0.1, -0.05) is 60.7 Å². The van der Waals surface area contributed by atoms with Crippen LogP contribution in [0.25, 0.3) is 0 Å². The van der Waals surface area contributed by atoms with Crippen LogP contribution in [-0.2, 0) is 46.3 Å². The molecule has 0 bridgehead atoms. The van der Waals surface area contributed by atoms with Crippen molar-refractivity contribution in [3.05, 3.63) is 71.8 Å². The number of carbonyl (C=O) groups excluding carboxylic acids is 5. The van der Waals surface area contributed by atoms with E-state index in [1.54, 1.807) is 12.0 Å². The number of rotatable bonds is 21. The molecule has 14 heteroatoms. The zero-order valence-corrected chi connectivity index (χ0v) is 33.0. The van der Waals surface area contributed by atoms with Gasteiger partial charge in [0.1, 0.15) is 18.1 Å². The van der Waals surface area contributed by atoms with Crippen molar-refractivity contribution in [2.24, 2.45) is 11.1 Å². The third-order valence-electron chi connectivity index (χ3n) is 11.4. The minimum absolute atomic E-state index is 0.0691. The Labute approximate surface area is 331 Å². The van der Waals surface area contributed by atoms with E-state index in [9.17, 15) is 24.0 Å². The molecule has 0 saturated carbocycles. The minimum atomic E-state index is -0.979. The lowest BCUT2D eigenvalue weighted by atomic mass is 9.77. The molecule has 56 heavy (non-hydrogen) atoms. The summed E-state index contributed by atoms with van der Waals surface area (Å²) >= 11 is 0. The quantitative estimate of drug-likeness (QED) is 0.117. The molecule has 14 nitrogen and oxygen atoms in total. The van der Waals surface area contributed by atoms with Gasteiger partial charge in [-0.05, 0) is 76.0 Å². The summed E-state index contributed by atoms with van der Waals surface area (Å²) in [6.07, 6.45) is 4.77. The fourth-order valence-electron chi connectivity index (χ4n) is 8.15. The van der Waals surface area contributed by atoms with Gasteiger partial charge in [-0.3, -0.25) is 24.0 Å². The van der Waals surface area contributed by atoms with Crippen LogP contribution < -0.4 is 27.0 Å². The number of likely N-dealkylation sites (tertiary alicyclic amines) is 2. The third-order valence-corrected chi connectivity index (χ3v) is 11.4. The largest absolute Gasteiger partial charge is 0.382 e. The predicted octanol–water partition coefficient (Wildman–Crippen LogP) is 1.31. The van der Waals surface area contributed by atoms with Crippen molar-refractivity contribution in [1.82, 2.24) is 31.1 Å². The van der Waals surface area contributed by atoms with E-state index in [2.05, 4.69) is 21.3 Å². The predicted molar refractivity (Wildman–Crippen MR) is 212 cm³/mol. The van der Waals surface area contributed by atoms with Gasteiger partial charge in [0.05, 0.1) is 31.3 Å². The molecule has 3 saturated heterocycles. The molecular weight excluding hydrogens is 715 g/mol. The number of hydrogen-bond donors (Lipinski definition) is 5. The molecule has 1 unspecified atom stereocenters. The monoisotopic (exact) mass is 775 g/mol. The smallest absolute Gasteiger partial charge is 0.246 e. The number of nitrogens with two attached hydrogens (primary N) is 1. The lowest BCUT2D eigenvalue weighted by Gasteiger charge is -2.41. The number of hydrogen-bond acceptors (Lipinski definition) is 9. The van der Waals surface area contributed by atoms with Crippen LogP contribution in [0, 0.1) is 5.41 Å². The van der Waals surface area contributed by atoms with Crippen molar-refractivity contribution in [3.63, 3.8) is 0 Å². The highest BCUT2D eigenvalue weighted by molar-refractivity contribution is 5.96. The Bertz CT molecular complexity index is 1590. The van der Waals surface area contributed by atoms with Crippen molar-refractivity contribution < 1.29 is 33.4 Å². The van der Waals surface area contributed by atoms with Gasteiger partial charge in [-0.25, -0.2) is 0 Å². The Morgan fingerprint density at radius 2 is 1.57 bits per heavy atom. The molecule has 0 aliphatic carbocycles. The van der Waals surface area contributed by atoms with Crippen LogP contribution >= 0.6 is 0 Å². The number of carbonyl (C=O) groups is 5. The summed E-state index contributed by atoms with van der Waals surface area (Å²) in [4.78, 5) is 72.1. The molecule has 3 aliphatic heterocycles. The van der Waals surface area contributed by atoms with Crippen LogP contribution in [0.4, 0.5) is 0 Å². The third kappa shape index (κ3) is 11.6. The fraction of sp³-hybridized carbons (Fsp3) is 0.595. The first kappa shape index (κ1) is 42.8. The highest BCUT2D eigenvalue weighted by atomic mass is 16.5. The van der Waals surface area contributed by atoms with Gasteiger partial charge < -0.3 is 46.3 Å². The van der Waals surface area contributed by atoms with E-state index in [1.165, 1.54) is 0 Å². The Morgan fingerprint density at radius 3 is 2.21 bits per heavy atom. The minimum Gasteiger partial charge on any atom is -0.382 e. The van der Waals surface area contributed by atoms with Gasteiger partial charge in [-0.15, -0.1) is 0 Å². The molecule has 306 valence electrons. The number of amides is 5. The molecule has 3 heterocycles. The molecule has 3 fully saturated rings. The number of nitrogens with zero attached hydrogens (tertiary/aromatic N) is 2. The van der Waals surface area contributed by atoms with Crippen LogP contribution in [0.2, 0.25) is 0 Å². The summed E-state index contributed by atoms with van der Waals surface area (Å²) in [5.74, 6) is -1.32. The van der Waals surface area contributed by atoms with E-state index in [0.717, 1.165) is 30.5 Å². The molecule has 0 aromatic heterocycles. The van der Waals surface area contributed by atoms with Crippen LogP contribution in [0.1, 0.15) is 63.0 Å². The summed E-state index contributed by atoms with van der Waals surface area (Å²) in [5.41, 5.74) is 7.62. The maximum atomic E-state index is 14.4. The van der Waals surface area contributed by atoms with Crippen LogP contribution in [0.3, 0.4) is 0 Å². The summed E-state index contributed by atoms with van der Waals surface area (Å²) in [5, 5.41) is 12.1. The summed E-state index contributed by atoms with van der Waals surface area (Å²) in [6, 6.07) is 15.1. The Hall–Kier alpha value is -4.37. The average molecular weight is 776 g/mol. The lowest BCUT2D eigenvalue weighted by Crippen LogP contribution is -2.57. The van der Waals surface area contributed by atoms with Crippen molar-refractivity contribution in [3.8, 4) is 0 Å². The van der Waals surface area contributed by atoms with Gasteiger partial charge in [-0.2, -0.15) is 0 Å². The highest BCUT2D eigenvalue weighted by Crippen LogP contribution is 2.38. The number of nitrogens with one attached hydrogen (secondary N) is 4. The normalized spacial score (nSPS) is 20.8. The number of methoxy groups -OCH3 is 1. The number of benzene rings is 2. The first-order chi connectivity index (χ1) is 27.1. The topological polar surface area (TPSA) is 184 Å². The van der Waals surface area contributed by atoms with Crippen LogP contribution in [-0.4, -0.2) is 129 Å². The lowest BCUT2D eigenvalue weighted by molar-refractivity contribution is -0.148. The fourth-order valence-corrected chi connectivity index (χ4v) is 8.15. The van der Waals surface area contributed by atoms with Gasteiger partial charge in [0.2, 0.25) is 29.5 Å². The van der Waals surface area contributed by atoms with Crippen LogP contribution in [0.5, 0.6) is 0 Å². The van der Waals surface area contributed by atoms with Gasteiger partial charge >= 0.3 is 0 Å². The summed E-state index contributed by atoms with van der Waals surface area (Å²) < 4.78 is 10.5. The van der Waals surface area contributed by atoms with Gasteiger partial charge in [0, 0.05) is 45.8 Å². The first-order valence-corrected chi connectivity index (χ1v) is 20.2. The van der Waals surface area contributed by atoms with E-state index in [4.69, 9.17) is 15.2 Å². The molecule has 3 aliphatic rings. The van der Waals surface area contributed by atoms with E-state index >= 15 is 0 Å². The molecule has 5 rings (SSSR count).